The van der Waals surface area contributed by atoms with Crippen LogP contribution >= 0.6 is 0 Å². The van der Waals surface area contributed by atoms with E-state index in [0.717, 1.165) is 24.9 Å². The van der Waals surface area contributed by atoms with Gasteiger partial charge in [-0.1, -0.05) is 12.1 Å². The number of hydrogen-bond donors (Lipinski definition) is 1. The van der Waals surface area contributed by atoms with Crippen LogP contribution in [0.15, 0.2) is 24.3 Å². The largest absolute Gasteiger partial charge is 0.497 e. The van der Waals surface area contributed by atoms with E-state index in [1.807, 2.05) is 12.1 Å². The minimum atomic E-state index is 0.0915. The number of nitrogens with zero attached hydrogens (tertiary/aromatic N) is 2. The van der Waals surface area contributed by atoms with Gasteiger partial charge in [-0.15, -0.1) is 0 Å². The van der Waals surface area contributed by atoms with Crippen LogP contribution in [0.3, 0.4) is 0 Å². The number of ether oxygens (including phenoxy) is 1. The monoisotopic (exact) mass is 275 g/mol. The zero-order valence-corrected chi connectivity index (χ0v) is 12.3. The Hall–Kier alpha value is -1.10. The zero-order chi connectivity index (χ0) is 13.9. The van der Waals surface area contributed by atoms with Gasteiger partial charge < -0.3 is 10.5 Å². The lowest BCUT2D eigenvalue weighted by Crippen LogP contribution is -2.51. The van der Waals surface area contributed by atoms with Crippen molar-refractivity contribution in [3.63, 3.8) is 0 Å². The Morgan fingerprint density at radius 3 is 2.80 bits per heavy atom. The van der Waals surface area contributed by atoms with E-state index in [4.69, 9.17) is 10.5 Å². The van der Waals surface area contributed by atoms with Gasteiger partial charge in [0.15, 0.2) is 0 Å². The summed E-state index contributed by atoms with van der Waals surface area (Å²) in [6.07, 6.45) is 2.72. The Kier molecular flexibility index (Phi) is 4.24. The second-order valence-electron chi connectivity index (χ2n) is 5.97. The summed E-state index contributed by atoms with van der Waals surface area (Å²) >= 11 is 0. The number of rotatable bonds is 4. The third-order valence-electron chi connectivity index (χ3n) is 4.67. The Morgan fingerprint density at radius 1 is 1.25 bits per heavy atom. The van der Waals surface area contributed by atoms with Crippen LogP contribution in [0.1, 0.15) is 24.4 Å². The molecule has 1 aromatic carbocycles. The molecule has 2 atom stereocenters. The molecule has 0 spiro atoms. The van der Waals surface area contributed by atoms with E-state index in [2.05, 4.69) is 21.9 Å². The fraction of sp³-hybridized carbons (Fsp3) is 0.625. The quantitative estimate of drug-likeness (QED) is 0.903. The van der Waals surface area contributed by atoms with E-state index in [9.17, 15) is 0 Å². The first-order valence-electron chi connectivity index (χ1n) is 7.62. The number of benzene rings is 1. The number of hydrogen-bond acceptors (Lipinski definition) is 4. The van der Waals surface area contributed by atoms with Crippen molar-refractivity contribution in [1.29, 1.82) is 0 Å². The summed E-state index contributed by atoms with van der Waals surface area (Å²) in [5.74, 6) is 0.889. The molecule has 0 saturated carbocycles. The fourth-order valence-corrected chi connectivity index (χ4v) is 3.46. The standard InChI is InChI=1S/C16H25N3O/c1-20-15-6-4-13(5-7-15)16(17)12-18-9-10-19-8-2-3-14(19)11-18/h4-7,14,16H,2-3,8-12,17H2,1H3. The highest BCUT2D eigenvalue weighted by Gasteiger charge is 2.30. The van der Waals surface area contributed by atoms with Crippen LogP contribution < -0.4 is 10.5 Å². The van der Waals surface area contributed by atoms with Crippen molar-refractivity contribution in [3.05, 3.63) is 29.8 Å². The molecule has 0 radical (unpaired) electrons. The van der Waals surface area contributed by atoms with Gasteiger partial charge in [0.25, 0.3) is 0 Å². The summed E-state index contributed by atoms with van der Waals surface area (Å²) in [6.45, 7) is 5.80. The Balaban J connectivity index is 1.56. The lowest BCUT2D eigenvalue weighted by atomic mass is 10.1. The normalized spacial score (nSPS) is 25.4. The highest BCUT2D eigenvalue weighted by molar-refractivity contribution is 5.29. The minimum Gasteiger partial charge on any atom is -0.497 e. The van der Waals surface area contributed by atoms with E-state index >= 15 is 0 Å². The van der Waals surface area contributed by atoms with E-state index in [-0.39, 0.29) is 6.04 Å². The molecule has 0 aromatic heterocycles. The maximum atomic E-state index is 6.36. The van der Waals surface area contributed by atoms with Crippen molar-refractivity contribution >= 4 is 0 Å². The molecule has 3 rings (SSSR count). The lowest BCUT2D eigenvalue weighted by Gasteiger charge is -2.38. The zero-order valence-electron chi connectivity index (χ0n) is 12.3. The maximum Gasteiger partial charge on any atom is 0.118 e. The van der Waals surface area contributed by atoms with Crippen molar-refractivity contribution in [1.82, 2.24) is 9.80 Å². The summed E-state index contributed by atoms with van der Waals surface area (Å²) in [4.78, 5) is 5.16. The molecule has 0 bridgehead atoms. The number of fused-ring (bicyclic) bond motifs is 1. The third kappa shape index (κ3) is 2.97. The predicted molar refractivity (Wildman–Crippen MR) is 81.0 cm³/mol. The number of methoxy groups -OCH3 is 1. The molecule has 20 heavy (non-hydrogen) atoms. The average Bonchev–Trinajstić information content (AvgIpc) is 2.95. The van der Waals surface area contributed by atoms with Crippen LogP contribution in [0.5, 0.6) is 5.75 Å². The summed E-state index contributed by atoms with van der Waals surface area (Å²) < 4.78 is 5.19. The van der Waals surface area contributed by atoms with Crippen LogP contribution in [0, 0.1) is 0 Å². The van der Waals surface area contributed by atoms with Crippen LogP contribution in [-0.2, 0) is 0 Å². The highest BCUT2D eigenvalue weighted by Crippen LogP contribution is 2.23. The van der Waals surface area contributed by atoms with Gasteiger partial charge in [0.1, 0.15) is 5.75 Å². The van der Waals surface area contributed by atoms with Crippen LogP contribution in [0.25, 0.3) is 0 Å². The summed E-state index contributed by atoms with van der Waals surface area (Å²) in [6, 6.07) is 9.00. The molecule has 2 unspecified atom stereocenters. The molecule has 4 nitrogen and oxygen atoms in total. The van der Waals surface area contributed by atoms with E-state index in [1.54, 1.807) is 7.11 Å². The van der Waals surface area contributed by atoms with Gasteiger partial charge in [0.05, 0.1) is 7.11 Å². The van der Waals surface area contributed by atoms with Gasteiger partial charge in [-0.25, -0.2) is 0 Å². The molecule has 2 fully saturated rings. The van der Waals surface area contributed by atoms with Gasteiger partial charge >= 0.3 is 0 Å². The van der Waals surface area contributed by atoms with Gasteiger partial charge in [-0.05, 0) is 37.1 Å². The van der Waals surface area contributed by atoms with E-state index < -0.39 is 0 Å². The first-order valence-corrected chi connectivity index (χ1v) is 7.62. The van der Waals surface area contributed by atoms with Crippen molar-refractivity contribution in [2.75, 3.05) is 39.8 Å². The Labute approximate surface area is 121 Å². The molecule has 2 N–H and O–H groups in total. The van der Waals surface area contributed by atoms with Gasteiger partial charge in [0, 0.05) is 38.3 Å². The van der Waals surface area contributed by atoms with Gasteiger partial charge in [-0.2, -0.15) is 0 Å². The van der Waals surface area contributed by atoms with Crippen molar-refractivity contribution in [2.24, 2.45) is 5.73 Å². The molecule has 4 heteroatoms. The molecule has 2 aliphatic rings. The van der Waals surface area contributed by atoms with Crippen molar-refractivity contribution < 1.29 is 4.74 Å². The van der Waals surface area contributed by atoms with Gasteiger partial charge in [0.2, 0.25) is 0 Å². The first kappa shape index (κ1) is 13.9. The molecular weight excluding hydrogens is 250 g/mol. The van der Waals surface area contributed by atoms with Crippen molar-refractivity contribution in [3.8, 4) is 5.75 Å². The van der Waals surface area contributed by atoms with Crippen LogP contribution in [0.4, 0.5) is 0 Å². The van der Waals surface area contributed by atoms with Gasteiger partial charge in [-0.3, -0.25) is 9.80 Å². The third-order valence-corrected chi connectivity index (χ3v) is 4.67. The molecule has 0 amide bonds. The molecule has 1 aromatic rings. The van der Waals surface area contributed by atoms with E-state index in [0.29, 0.717) is 0 Å². The fourth-order valence-electron chi connectivity index (χ4n) is 3.46. The predicted octanol–water partition coefficient (Wildman–Crippen LogP) is 1.47. The maximum absolute atomic E-state index is 6.36. The number of nitrogens with two attached hydrogens (primary N) is 1. The molecule has 2 aliphatic heterocycles. The number of piperazine rings is 1. The summed E-state index contributed by atoms with van der Waals surface area (Å²) in [5.41, 5.74) is 7.55. The second-order valence-corrected chi connectivity index (χ2v) is 5.97. The van der Waals surface area contributed by atoms with Crippen LogP contribution in [-0.4, -0.2) is 55.7 Å². The molecule has 2 heterocycles. The molecule has 110 valence electrons. The lowest BCUT2D eigenvalue weighted by molar-refractivity contribution is 0.0998. The molecule has 2 saturated heterocycles. The first-order chi connectivity index (χ1) is 9.76. The van der Waals surface area contributed by atoms with Crippen LogP contribution in [0.2, 0.25) is 0 Å². The highest BCUT2D eigenvalue weighted by atomic mass is 16.5. The summed E-state index contributed by atoms with van der Waals surface area (Å²) in [5, 5.41) is 0. The van der Waals surface area contributed by atoms with Crippen molar-refractivity contribution in [2.45, 2.75) is 24.9 Å². The topological polar surface area (TPSA) is 41.7 Å². The smallest absolute Gasteiger partial charge is 0.118 e. The second kappa shape index (κ2) is 6.12. The SMILES string of the molecule is COc1ccc(C(N)CN2CCN3CCCC3C2)cc1. The average molecular weight is 275 g/mol. The van der Waals surface area contributed by atoms with E-state index in [1.165, 1.54) is 38.0 Å². The summed E-state index contributed by atoms with van der Waals surface area (Å²) in [7, 11) is 1.69. The molecule has 0 aliphatic carbocycles. The minimum absolute atomic E-state index is 0.0915. The molecular formula is C16H25N3O. The Bertz CT molecular complexity index is 434. The Morgan fingerprint density at radius 2 is 2.05 bits per heavy atom.